The quantitative estimate of drug-likeness (QED) is 0.822. The van der Waals surface area contributed by atoms with E-state index in [0.717, 1.165) is 31.8 Å². The molecule has 0 atom stereocenters. The van der Waals surface area contributed by atoms with Crippen LogP contribution >= 0.6 is 0 Å². The van der Waals surface area contributed by atoms with E-state index in [1.807, 2.05) is 4.90 Å². The van der Waals surface area contributed by atoms with Gasteiger partial charge in [-0.15, -0.1) is 5.10 Å². The highest BCUT2D eigenvalue weighted by molar-refractivity contribution is 5.90. The van der Waals surface area contributed by atoms with Crippen LogP contribution in [-0.2, 0) is 0 Å². The lowest BCUT2D eigenvalue weighted by Gasteiger charge is -2.31. The molecule has 0 unspecified atom stereocenters. The summed E-state index contributed by atoms with van der Waals surface area (Å²) < 4.78 is 0. The molecule has 0 aromatic carbocycles. The maximum absolute atomic E-state index is 12.0. The second kappa shape index (κ2) is 5.16. The molecule has 2 rings (SSSR count). The molecule has 0 aliphatic carbocycles. The summed E-state index contributed by atoms with van der Waals surface area (Å²) in [5.41, 5.74) is 5.38. The summed E-state index contributed by atoms with van der Waals surface area (Å²) in [6.07, 6.45) is 4.65. The van der Waals surface area contributed by atoms with Gasteiger partial charge in [-0.05, 0) is 18.8 Å². The maximum Gasteiger partial charge on any atom is 0.291 e. The van der Waals surface area contributed by atoms with Gasteiger partial charge in [0, 0.05) is 13.1 Å². The van der Waals surface area contributed by atoms with Crippen LogP contribution in [0.4, 0.5) is 5.95 Å². The molecule has 0 spiro atoms. The summed E-state index contributed by atoms with van der Waals surface area (Å²) in [4.78, 5) is 17.7. The number of hydrogen-bond donors (Lipinski definition) is 2. The van der Waals surface area contributed by atoms with Crippen LogP contribution in [0.3, 0.4) is 0 Å². The fraction of sp³-hybridized carbons (Fsp3) is 0.727. The van der Waals surface area contributed by atoms with Crippen molar-refractivity contribution in [2.45, 2.75) is 32.6 Å². The number of anilines is 1. The minimum Gasteiger partial charge on any atom is -0.366 e. The zero-order valence-corrected chi connectivity index (χ0v) is 10.1. The van der Waals surface area contributed by atoms with Gasteiger partial charge in [0.25, 0.3) is 5.91 Å². The number of likely N-dealkylation sites (tertiary alicyclic amines) is 1. The summed E-state index contributed by atoms with van der Waals surface area (Å²) in [6.45, 7) is 3.82. The summed E-state index contributed by atoms with van der Waals surface area (Å²) in [6, 6.07) is 0. The second-order valence-corrected chi connectivity index (χ2v) is 4.57. The first-order chi connectivity index (χ1) is 8.20. The van der Waals surface area contributed by atoms with Crippen molar-refractivity contribution in [2.75, 3.05) is 18.8 Å². The van der Waals surface area contributed by atoms with E-state index in [1.54, 1.807) is 0 Å². The second-order valence-electron chi connectivity index (χ2n) is 4.57. The molecule has 6 heteroatoms. The number of carbonyl (C=O) groups excluding carboxylic acids is 1. The molecule has 2 heterocycles. The third-order valence-corrected chi connectivity index (χ3v) is 3.30. The van der Waals surface area contributed by atoms with E-state index in [4.69, 9.17) is 5.73 Å². The van der Waals surface area contributed by atoms with E-state index < -0.39 is 0 Å². The van der Waals surface area contributed by atoms with Gasteiger partial charge < -0.3 is 10.6 Å². The molecule has 17 heavy (non-hydrogen) atoms. The van der Waals surface area contributed by atoms with E-state index >= 15 is 0 Å². The number of nitrogen functional groups attached to an aromatic ring is 1. The molecule has 0 bridgehead atoms. The minimum atomic E-state index is -0.0934. The molecule has 1 aliphatic rings. The number of H-pyrrole nitrogens is 1. The number of aromatic amines is 1. The standard InChI is InChI=1S/C11H19N5O/c1-2-3-8-4-6-16(7-5-8)10(17)9-13-11(12)15-14-9/h8H,2-7H2,1H3,(H3,12,13,14,15). The lowest BCUT2D eigenvalue weighted by molar-refractivity contribution is 0.0674. The van der Waals surface area contributed by atoms with Crippen LogP contribution in [0.15, 0.2) is 0 Å². The third-order valence-electron chi connectivity index (χ3n) is 3.30. The average molecular weight is 237 g/mol. The molecule has 1 saturated heterocycles. The van der Waals surface area contributed by atoms with Gasteiger partial charge in [-0.3, -0.25) is 9.89 Å². The zero-order valence-electron chi connectivity index (χ0n) is 10.1. The van der Waals surface area contributed by atoms with E-state index in [9.17, 15) is 4.79 Å². The number of amides is 1. The first-order valence-corrected chi connectivity index (χ1v) is 6.18. The molecule has 94 valence electrons. The Morgan fingerprint density at radius 3 is 2.76 bits per heavy atom. The van der Waals surface area contributed by atoms with Gasteiger partial charge in [-0.25, -0.2) is 0 Å². The molecule has 1 fully saturated rings. The van der Waals surface area contributed by atoms with Crippen LogP contribution in [0, 0.1) is 5.92 Å². The van der Waals surface area contributed by atoms with Crippen LogP contribution in [0.5, 0.6) is 0 Å². The van der Waals surface area contributed by atoms with Crippen molar-refractivity contribution in [3.8, 4) is 0 Å². The molecular formula is C11H19N5O. The van der Waals surface area contributed by atoms with Gasteiger partial charge in [0.15, 0.2) is 0 Å². The van der Waals surface area contributed by atoms with E-state index in [-0.39, 0.29) is 17.7 Å². The Bertz CT molecular complexity index is 381. The first kappa shape index (κ1) is 11.9. The van der Waals surface area contributed by atoms with Gasteiger partial charge in [0.2, 0.25) is 11.8 Å². The molecule has 6 nitrogen and oxygen atoms in total. The fourth-order valence-electron chi connectivity index (χ4n) is 2.35. The highest BCUT2D eigenvalue weighted by atomic mass is 16.2. The van der Waals surface area contributed by atoms with Gasteiger partial charge in [-0.1, -0.05) is 19.8 Å². The van der Waals surface area contributed by atoms with Gasteiger partial charge in [0.1, 0.15) is 0 Å². The Balaban J connectivity index is 1.90. The first-order valence-electron chi connectivity index (χ1n) is 6.18. The maximum atomic E-state index is 12.0. The van der Waals surface area contributed by atoms with Crippen molar-refractivity contribution in [3.05, 3.63) is 5.82 Å². The van der Waals surface area contributed by atoms with Crippen LogP contribution in [0.1, 0.15) is 43.2 Å². The van der Waals surface area contributed by atoms with Crippen LogP contribution in [-0.4, -0.2) is 39.1 Å². The van der Waals surface area contributed by atoms with Crippen molar-refractivity contribution in [3.63, 3.8) is 0 Å². The van der Waals surface area contributed by atoms with Crippen molar-refractivity contribution in [2.24, 2.45) is 5.92 Å². The lowest BCUT2D eigenvalue weighted by Crippen LogP contribution is -2.39. The van der Waals surface area contributed by atoms with Crippen LogP contribution in [0.25, 0.3) is 0 Å². The molecule has 1 aromatic heterocycles. The molecule has 1 aromatic rings. The molecule has 0 radical (unpaired) electrons. The Hall–Kier alpha value is -1.59. The average Bonchev–Trinajstić information content (AvgIpc) is 2.76. The summed E-state index contributed by atoms with van der Waals surface area (Å²) >= 11 is 0. The van der Waals surface area contributed by atoms with Crippen LogP contribution in [0.2, 0.25) is 0 Å². The Kier molecular flexibility index (Phi) is 3.61. The molecular weight excluding hydrogens is 218 g/mol. The normalized spacial score (nSPS) is 17.4. The number of nitrogens with one attached hydrogen (secondary N) is 1. The number of rotatable bonds is 3. The van der Waals surface area contributed by atoms with E-state index in [0.29, 0.717) is 0 Å². The fourth-order valence-corrected chi connectivity index (χ4v) is 2.35. The molecule has 1 amide bonds. The summed E-state index contributed by atoms with van der Waals surface area (Å²) in [5, 5.41) is 6.23. The van der Waals surface area contributed by atoms with Crippen molar-refractivity contribution >= 4 is 11.9 Å². The minimum absolute atomic E-state index is 0.0934. The van der Waals surface area contributed by atoms with Crippen LogP contribution < -0.4 is 5.73 Å². The number of hydrogen-bond acceptors (Lipinski definition) is 4. The van der Waals surface area contributed by atoms with Crippen molar-refractivity contribution in [1.82, 2.24) is 20.1 Å². The van der Waals surface area contributed by atoms with Gasteiger partial charge >= 0.3 is 0 Å². The number of nitrogens with zero attached hydrogens (tertiary/aromatic N) is 3. The predicted octanol–water partition coefficient (Wildman–Crippen LogP) is 1.04. The van der Waals surface area contributed by atoms with E-state index in [2.05, 4.69) is 22.1 Å². The number of piperidine rings is 1. The Morgan fingerprint density at radius 2 is 2.24 bits per heavy atom. The Labute approximate surface area is 101 Å². The molecule has 0 saturated carbocycles. The molecule has 1 aliphatic heterocycles. The number of carbonyl (C=O) groups is 1. The largest absolute Gasteiger partial charge is 0.366 e. The SMILES string of the molecule is CCCC1CCN(C(=O)c2nc(N)n[nH]2)CC1. The highest BCUT2D eigenvalue weighted by Crippen LogP contribution is 2.22. The lowest BCUT2D eigenvalue weighted by atomic mass is 9.92. The topological polar surface area (TPSA) is 87.9 Å². The predicted molar refractivity (Wildman–Crippen MR) is 64.3 cm³/mol. The van der Waals surface area contributed by atoms with Gasteiger partial charge in [0.05, 0.1) is 0 Å². The van der Waals surface area contributed by atoms with Crippen molar-refractivity contribution < 1.29 is 4.79 Å². The van der Waals surface area contributed by atoms with E-state index in [1.165, 1.54) is 12.8 Å². The summed E-state index contributed by atoms with van der Waals surface area (Å²) in [5.74, 6) is 1.04. The molecule has 3 N–H and O–H groups in total. The van der Waals surface area contributed by atoms with Gasteiger partial charge in [-0.2, -0.15) is 4.98 Å². The Morgan fingerprint density at radius 1 is 1.53 bits per heavy atom. The third kappa shape index (κ3) is 2.75. The highest BCUT2D eigenvalue weighted by Gasteiger charge is 2.24. The van der Waals surface area contributed by atoms with Crippen molar-refractivity contribution in [1.29, 1.82) is 0 Å². The smallest absolute Gasteiger partial charge is 0.291 e. The number of nitrogens with two attached hydrogens (primary N) is 1. The monoisotopic (exact) mass is 237 g/mol. The summed E-state index contributed by atoms with van der Waals surface area (Å²) in [7, 11) is 0. The number of aromatic nitrogens is 3. The zero-order chi connectivity index (χ0) is 12.3.